The van der Waals surface area contributed by atoms with Crippen molar-refractivity contribution in [1.29, 1.82) is 0 Å². The van der Waals surface area contributed by atoms with E-state index in [1.54, 1.807) is 31.1 Å². The summed E-state index contributed by atoms with van der Waals surface area (Å²) in [5.41, 5.74) is 2.83. The number of nitrogens with one attached hydrogen (secondary N) is 2. The van der Waals surface area contributed by atoms with E-state index in [1.807, 2.05) is 18.2 Å². The lowest BCUT2D eigenvalue weighted by atomic mass is 10.1. The maximum atomic E-state index is 12.7. The van der Waals surface area contributed by atoms with E-state index in [4.69, 9.17) is 0 Å². The Bertz CT molecular complexity index is 801. The number of amides is 3. The Morgan fingerprint density at radius 1 is 1.03 bits per heavy atom. The van der Waals surface area contributed by atoms with Crippen LogP contribution in [0.1, 0.15) is 40.4 Å². The minimum Gasteiger partial charge on any atom is -0.355 e. The lowest BCUT2D eigenvalue weighted by Crippen LogP contribution is -2.42. The van der Waals surface area contributed by atoms with Gasteiger partial charge in [-0.25, -0.2) is 4.79 Å². The molecule has 154 valence electrons. The molecule has 0 spiro atoms. The van der Waals surface area contributed by atoms with E-state index in [2.05, 4.69) is 39.8 Å². The minimum atomic E-state index is -0.114. The molecule has 1 aliphatic rings. The number of carbonyl (C=O) groups is 2. The number of hydrogen-bond acceptors (Lipinski definition) is 3. The molecule has 0 aromatic heterocycles. The molecule has 0 bridgehead atoms. The summed E-state index contributed by atoms with van der Waals surface area (Å²) in [6.45, 7) is 3.22. The van der Waals surface area contributed by atoms with Gasteiger partial charge >= 0.3 is 6.03 Å². The number of nitrogens with zero attached hydrogens (tertiary/aromatic N) is 2. The molecule has 1 heterocycles. The first-order valence-electron chi connectivity index (χ1n) is 10.2. The number of hydrogen-bond donors (Lipinski definition) is 2. The van der Waals surface area contributed by atoms with Crippen LogP contribution in [0.15, 0.2) is 54.6 Å². The van der Waals surface area contributed by atoms with E-state index >= 15 is 0 Å². The number of benzene rings is 2. The van der Waals surface area contributed by atoms with Crippen LogP contribution in [0.5, 0.6) is 0 Å². The van der Waals surface area contributed by atoms with E-state index < -0.39 is 0 Å². The summed E-state index contributed by atoms with van der Waals surface area (Å²) in [4.78, 5) is 28.4. The van der Waals surface area contributed by atoms with Gasteiger partial charge in [0.15, 0.2) is 0 Å². The summed E-state index contributed by atoms with van der Waals surface area (Å²) >= 11 is 0. The van der Waals surface area contributed by atoms with Gasteiger partial charge in [0, 0.05) is 32.7 Å². The molecule has 0 radical (unpaired) electrons. The number of urea groups is 1. The molecule has 1 unspecified atom stereocenters. The van der Waals surface area contributed by atoms with E-state index in [0.29, 0.717) is 18.7 Å². The van der Waals surface area contributed by atoms with Crippen molar-refractivity contribution in [3.63, 3.8) is 0 Å². The quantitative estimate of drug-likeness (QED) is 0.759. The summed E-state index contributed by atoms with van der Waals surface area (Å²) in [7, 11) is 3.40. The van der Waals surface area contributed by atoms with Gasteiger partial charge in [-0.15, -0.1) is 0 Å². The molecule has 0 saturated carbocycles. The van der Waals surface area contributed by atoms with Crippen molar-refractivity contribution in [2.24, 2.45) is 0 Å². The fraction of sp³-hybridized carbons (Fsp3) is 0.391. The zero-order valence-corrected chi connectivity index (χ0v) is 17.2. The average molecular weight is 395 g/mol. The molecule has 3 rings (SSSR count). The van der Waals surface area contributed by atoms with Crippen molar-refractivity contribution in [1.82, 2.24) is 20.4 Å². The van der Waals surface area contributed by atoms with Crippen molar-refractivity contribution in [3.05, 3.63) is 71.3 Å². The molecule has 1 fully saturated rings. The molecule has 0 aliphatic carbocycles. The SMILES string of the molecule is CNC(=O)c1ccc(CN(C)C(=O)NCC(c2ccccc2)N2CCCC2)cc1. The first-order valence-corrected chi connectivity index (χ1v) is 10.2. The van der Waals surface area contributed by atoms with E-state index in [9.17, 15) is 9.59 Å². The van der Waals surface area contributed by atoms with Gasteiger partial charge in [-0.1, -0.05) is 42.5 Å². The Morgan fingerprint density at radius 3 is 2.31 bits per heavy atom. The topological polar surface area (TPSA) is 64.7 Å². The summed E-state index contributed by atoms with van der Waals surface area (Å²) in [6, 6.07) is 17.8. The second-order valence-corrected chi connectivity index (χ2v) is 7.49. The highest BCUT2D eigenvalue weighted by Gasteiger charge is 2.24. The summed E-state index contributed by atoms with van der Waals surface area (Å²) in [6.07, 6.45) is 2.42. The summed E-state index contributed by atoms with van der Waals surface area (Å²) in [5, 5.41) is 5.70. The van der Waals surface area contributed by atoms with E-state index in [-0.39, 0.29) is 18.0 Å². The molecule has 3 amide bonds. The van der Waals surface area contributed by atoms with Gasteiger partial charge in [0.25, 0.3) is 5.91 Å². The zero-order valence-electron chi connectivity index (χ0n) is 17.2. The first kappa shape index (κ1) is 20.9. The van der Waals surface area contributed by atoms with Crippen molar-refractivity contribution in [3.8, 4) is 0 Å². The molecule has 2 aromatic rings. The lowest BCUT2D eigenvalue weighted by Gasteiger charge is -2.29. The van der Waals surface area contributed by atoms with Crippen LogP contribution < -0.4 is 10.6 Å². The number of carbonyl (C=O) groups excluding carboxylic acids is 2. The molecular formula is C23H30N4O2. The fourth-order valence-corrected chi connectivity index (χ4v) is 3.76. The van der Waals surface area contributed by atoms with Gasteiger partial charge in [-0.05, 0) is 49.2 Å². The maximum Gasteiger partial charge on any atom is 0.317 e. The molecular weight excluding hydrogens is 364 g/mol. The largest absolute Gasteiger partial charge is 0.355 e. The van der Waals surface area contributed by atoms with Gasteiger partial charge in [0.2, 0.25) is 0 Å². The Hall–Kier alpha value is -2.86. The second kappa shape index (κ2) is 10.1. The zero-order chi connectivity index (χ0) is 20.6. The highest BCUT2D eigenvalue weighted by Crippen LogP contribution is 2.24. The number of rotatable bonds is 7. The molecule has 6 nitrogen and oxygen atoms in total. The van der Waals surface area contributed by atoms with Crippen LogP contribution in [0, 0.1) is 0 Å². The molecule has 1 saturated heterocycles. The molecule has 2 aromatic carbocycles. The monoisotopic (exact) mass is 394 g/mol. The van der Waals surface area contributed by atoms with E-state index in [0.717, 1.165) is 18.7 Å². The molecule has 6 heteroatoms. The third-order valence-electron chi connectivity index (χ3n) is 5.42. The minimum absolute atomic E-state index is 0.0968. The average Bonchev–Trinajstić information content (AvgIpc) is 3.29. The smallest absolute Gasteiger partial charge is 0.317 e. The van der Waals surface area contributed by atoms with Crippen LogP contribution in [0.3, 0.4) is 0 Å². The van der Waals surface area contributed by atoms with Crippen LogP contribution in [-0.2, 0) is 6.54 Å². The standard InChI is InChI=1S/C23H30N4O2/c1-24-22(28)20-12-10-18(11-13-20)17-26(2)23(29)25-16-21(27-14-6-7-15-27)19-8-4-3-5-9-19/h3-5,8-13,21H,6-7,14-17H2,1-2H3,(H,24,28)(H,25,29). The van der Waals surface area contributed by atoms with Crippen molar-refractivity contribution in [2.45, 2.75) is 25.4 Å². The van der Waals surface area contributed by atoms with Gasteiger partial charge in [0.1, 0.15) is 0 Å². The maximum absolute atomic E-state index is 12.7. The third kappa shape index (κ3) is 5.57. The van der Waals surface area contributed by atoms with Crippen molar-refractivity contribution < 1.29 is 9.59 Å². The van der Waals surface area contributed by atoms with Crippen LogP contribution >= 0.6 is 0 Å². The summed E-state index contributed by atoms with van der Waals surface area (Å²) in [5.74, 6) is -0.114. The summed E-state index contributed by atoms with van der Waals surface area (Å²) < 4.78 is 0. The van der Waals surface area contributed by atoms with Gasteiger partial charge in [-0.2, -0.15) is 0 Å². The third-order valence-corrected chi connectivity index (χ3v) is 5.42. The molecule has 1 atom stereocenters. The Morgan fingerprint density at radius 2 is 1.69 bits per heavy atom. The normalized spacial score (nSPS) is 15.0. The molecule has 2 N–H and O–H groups in total. The van der Waals surface area contributed by atoms with Crippen LogP contribution in [-0.4, -0.2) is 55.5 Å². The van der Waals surface area contributed by atoms with Gasteiger partial charge in [0.05, 0.1) is 6.04 Å². The van der Waals surface area contributed by atoms with Crippen LogP contribution in [0.4, 0.5) is 4.79 Å². The highest BCUT2D eigenvalue weighted by molar-refractivity contribution is 5.93. The molecule has 29 heavy (non-hydrogen) atoms. The van der Waals surface area contributed by atoms with Crippen LogP contribution in [0.2, 0.25) is 0 Å². The van der Waals surface area contributed by atoms with Crippen molar-refractivity contribution >= 4 is 11.9 Å². The lowest BCUT2D eigenvalue weighted by molar-refractivity contribution is 0.0963. The first-order chi connectivity index (χ1) is 14.1. The molecule has 1 aliphatic heterocycles. The van der Waals surface area contributed by atoms with Crippen LogP contribution in [0.25, 0.3) is 0 Å². The second-order valence-electron chi connectivity index (χ2n) is 7.49. The van der Waals surface area contributed by atoms with Crippen molar-refractivity contribution in [2.75, 3.05) is 33.7 Å². The number of likely N-dealkylation sites (tertiary alicyclic amines) is 1. The van der Waals surface area contributed by atoms with Gasteiger partial charge < -0.3 is 15.5 Å². The Balaban J connectivity index is 1.57. The predicted octanol–water partition coefficient (Wildman–Crippen LogP) is 3.02. The van der Waals surface area contributed by atoms with Gasteiger partial charge in [-0.3, -0.25) is 9.69 Å². The van der Waals surface area contributed by atoms with E-state index in [1.165, 1.54) is 18.4 Å². The highest BCUT2D eigenvalue weighted by atomic mass is 16.2. The predicted molar refractivity (Wildman–Crippen MR) is 115 cm³/mol. The Kier molecular flexibility index (Phi) is 7.25. The Labute approximate surface area is 172 Å². The fourth-order valence-electron chi connectivity index (χ4n) is 3.76.